The fraction of sp³-hybridized carbons (Fsp3) is 0.333. The van der Waals surface area contributed by atoms with Crippen LogP contribution in [0.2, 0.25) is 0 Å². The zero-order valence-corrected chi connectivity index (χ0v) is 12.2. The second-order valence-electron chi connectivity index (χ2n) is 4.45. The van der Waals surface area contributed by atoms with Crippen LogP contribution in [0.25, 0.3) is 0 Å². The average Bonchev–Trinajstić information content (AvgIpc) is 2.37. The van der Waals surface area contributed by atoms with Gasteiger partial charge in [-0.05, 0) is 24.6 Å². The number of rotatable bonds is 7. The monoisotopic (exact) mass is 315 g/mol. The summed E-state index contributed by atoms with van der Waals surface area (Å²) in [5.74, 6) is -1.82. The van der Waals surface area contributed by atoms with Crippen molar-refractivity contribution in [2.75, 3.05) is 13.1 Å². The number of nitrogens with two attached hydrogens (primary N) is 2. The highest BCUT2D eigenvalue weighted by atomic mass is 32.2. The molecular formula is C12H17N3O5S. The van der Waals surface area contributed by atoms with Crippen LogP contribution in [0.15, 0.2) is 29.2 Å². The Morgan fingerprint density at radius 3 is 2.19 bits per heavy atom. The summed E-state index contributed by atoms with van der Waals surface area (Å²) in [4.78, 5) is 21.8. The third-order valence-electron chi connectivity index (χ3n) is 2.64. The molecule has 0 heterocycles. The van der Waals surface area contributed by atoms with Crippen LogP contribution in [-0.2, 0) is 19.6 Å². The first-order chi connectivity index (χ1) is 9.64. The van der Waals surface area contributed by atoms with Gasteiger partial charge in [-0.1, -0.05) is 12.1 Å². The highest BCUT2D eigenvalue weighted by Crippen LogP contribution is 2.20. The van der Waals surface area contributed by atoms with Gasteiger partial charge in [0.15, 0.2) is 0 Å². The standard InChI is InChI=1S/C12H17N3O5S/c1-8(16)9-3-2-4-10(5-9)21(19,20)15(6-11(13)17)7-12(14)18/h2-5,8,16H,6-7H2,1H3,(H2,13,17)(H2,14,18). The lowest BCUT2D eigenvalue weighted by molar-refractivity contribution is -0.120. The van der Waals surface area contributed by atoms with Crippen LogP contribution in [0, 0.1) is 0 Å². The van der Waals surface area contributed by atoms with Crippen molar-refractivity contribution in [3.63, 3.8) is 0 Å². The van der Waals surface area contributed by atoms with Gasteiger partial charge >= 0.3 is 0 Å². The van der Waals surface area contributed by atoms with Crippen molar-refractivity contribution in [3.8, 4) is 0 Å². The Kier molecular flexibility index (Phi) is 5.41. The quantitative estimate of drug-likeness (QED) is 0.573. The van der Waals surface area contributed by atoms with E-state index in [9.17, 15) is 23.1 Å². The Morgan fingerprint density at radius 2 is 1.76 bits per heavy atom. The lowest BCUT2D eigenvalue weighted by atomic mass is 10.1. The summed E-state index contributed by atoms with van der Waals surface area (Å²) in [6.07, 6.45) is -0.860. The average molecular weight is 315 g/mol. The Hall–Kier alpha value is -1.97. The van der Waals surface area contributed by atoms with Crippen molar-refractivity contribution in [1.29, 1.82) is 0 Å². The number of carbonyl (C=O) groups excluding carboxylic acids is 2. The highest BCUT2D eigenvalue weighted by molar-refractivity contribution is 7.89. The Labute approximate surface area is 122 Å². The molecule has 2 amide bonds. The van der Waals surface area contributed by atoms with Gasteiger partial charge in [0, 0.05) is 0 Å². The molecule has 0 spiro atoms. The second kappa shape index (κ2) is 6.66. The third-order valence-corrected chi connectivity index (χ3v) is 4.43. The van der Waals surface area contributed by atoms with E-state index in [2.05, 4.69) is 0 Å². The smallest absolute Gasteiger partial charge is 0.244 e. The minimum Gasteiger partial charge on any atom is -0.389 e. The second-order valence-corrected chi connectivity index (χ2v) is 6.39. The van der Waals surface area contributed by atoms with Gasteiger partial charge in [0.2, 0.25) is 21.8 Å². The molecule has 1 atom stereocenters. The van der Waals surface area contributed by atoms with Crippen LogP contribution in [-0.4, -0.2) is 42.7 Å². The first-order valence-electron chi connectivity index (χ1n) is 5.99. The van der Waals surface area contributed by atoms with Gasteiger partial charge < -0.3 is 16.6 Å². The summed E-state index contributed by atoms with van der Waals surface area (Å²) in [5, 5.41) is 9.49. The van der Waals surface area contributed by atoms with E-state index >= 15 is 0 Å². The normalized spacial score (nSPS) is 13.1. The molecule has 0 aliphatic rings. The molecule has 1 aromatic rings. The molecule has 1 unspecified atom stereocenters. The molecule has 0 saturated heterocycles. The number of benzene rings is 1. The number of primary amides is 2. The Balaban J connectivity index is 3.24. The van der Waals surface area contributed by atoms with Gasteiger partial charge in [0.25, 0.3) is 0 Å². The highest BCUT2D eigenvalue weighted by Gasteiger charge is 2.27. The van der Waals surface area contributed by atoms with Crippen LogP contribution in [0.4, 0.5) is 0 Å². The molecule has 1 aromatic carbocycles. The van der Waals surface area contributed by atoms with E-state index < -0.39 is 41.0 Å². The van der Waals surface area contributed by atoms with E-state index in [1.807, 2.05) is 0 Å². The maximum Gasteiger partial charge on any atom is 0.244 e. The lowest BCUT2D eigenvalue weighted by Gasteiger charge is -2.19. The molecule has 0 bridgehead atoms. The maximum atomic E-state index is 12.4. The summed E-state index contributed by atoms with van der Waals surface area (Å²) < 4.78 is 25.4. The van der Waals surface area contributed by atoms with Crippen LogP contribution in [0.5, 0.6) is 0 Å². The zero-order valence-electron chi connectivity index (χ0n) is 11.4. The van der Waals surface area contributed by atoms with E-state index in [1.165, 1.54) is 25.1 Å². The van der Waals surface area contributed by atoms with E-state index in [4.69, 9.17) is 11.5 Å². The van der Waals surface area contributed by atoms with Crippen molar-refractivity contribution in [3.05, 3.63) is 29.8 Å². The lowest BCUT2D eigenvalue weighted by Crippen LogP contribution is -2.43. The van der Waals surface area contributed by atoms with Gasteiger partial charge in [0.05, 0.1) is 24.1 Å². The number of hydrogen-bond donors (Lipinski definition) is 3. The SMILES string of the molecule is CC(O)c1cccc(S(=O)(=O)N(CC(N)=O)CC(N)=O)c1. The first-order valence-corrected chi connectivity index (χ1v) is 7.43. The Morgan fingerprint density at radius 1 is 1.24 bits per heavy atom. The predicted molar refractivity (Wildman–Crippen MR) is 74.2 cm³/mol. The molecule has 1 rings (SSSR count). The molecule has 116 valence electrons. The first kappa shape index (κ1) is 17.1. The molecule has 0 aliphatic heterocycles. The van der Waals surface area contributed by atoms with Gasteiger partial charge in [-0.2, -0.15) is 4.31 Å². The topological polar surface area (TPSA) is 144 Å². The summed E-state index contributed by atoms with van der Waals surface area (Å²) in [7, 11) is -4.13. The number of amides is 2. The number of hydrogen-bond acceptors (Lipinski definition) is 5. The van der Waals surface area contributed by atoms with Crippen molar-refractivity contribution >= 4 is 21.8 Å². The van der Waals surface area contributed by atoms with Gasteiger partial charge in [-0.25, -0.2) is 8.42 Å². The third kappa shape index (κ3) is 4.52. The molecule has 5 N–H and O–H groups in total. The molecule has 9 heteroatoms. The van der Waals surface area contributed by atoms with E-state index in [0.29, 0.717) is 9.87 Å². The van der Waals surface area contributed by atoms with Crippen LogP contribution in [0.1, 0.15) is 18.6 Å². The minimum atomic E-state index is -4.13. The van der Waals surface area contributed by atoms with Gasteiger partial charge in [-0.3, -0.25) is 9.59 Å². The van der Waals surface area contributed by atoms with Crippen LogP contribution < -0.4 is 11.5 Å². The van der Waals surface area contributed by atoms with Crippen molar-refractivity contribution in [1.82, 2.24) is 4.31 Å². The van der Waals surface area contributed by atoms with Gasteiger partial charge in [-0.15, -0.1) is 0 Å². The van der Waals surface area contributed by atoms with Crippen molar-refractivity contribution in [2.45, 2.75) is 17.9 Å². The molecule has 8 nitrogen and oxygen atoms in total. The minimum absolute atomic E-state index is 0.164. The molecule has 0 radical (unpaired) electrons. The number of nitrogens with zero attached hydrogens (tertiary/aromatic N) is 1. The fourth-order valence-corrected chi connectivity index (χ4v) is 3.09. The fourth-order valence-electron chi connectivity index (χ4n) is 1.66. The zero-order chi connectivity index (χ0) is 16.2. The number of sulfonamides is 1. The maximum absolute atomic E-state index is 12.4. The molecular weight excluding hydrogens is 298 g/mol. The summed E-state index contributed by atoms with van der Waals surface area (Å²) in [6.45, 7) is 0.157. The van der Waals surface area contributed by atoms with Crippen molar-refractivity contribution < 1.29 is 23.1 Å². The van der Waals surface area contributed by atoms with E-state index in [-0.39, 0.29) is 4.90 Å². The van der Waals surface area contributed by atoms with E-state index in [1.54, 1.807) is 6.07 Å². The number of carbonyl (C=O) groups is 2. The van der Waals surface area contributed by atoms with E-state index in [0.717, 1.165) is 0 Å². The molecule has 21 heavy (non-hydrogen) atoms. The van der Waals surface area contributed by atoms with Crippen molar-refractivity contribution in [2.24, 2.45) is 11.5 Å². The van der Waals surface area contributed by atoms with Crippen LogP contribution in [0.3, 0.4) is 0 Å². The predicted octanol–water partition coefficient (Wildman–Crippen LogP) is -1.30. The largest absolute Gasteiger partial charge is 0.389 e. The molecule has 0 aliphatic carbocycles. The number of aliphatic hydroxyl groups excluding tert-OH is 1. The summed E-state index contributed by atoms with van der Waals surface area (Å²) >= 11 is 0. The summed E-state index contributed by atoms with van der Waals surface area (Å²) in [6, 6.07) is 5.54. The van der Waals surface area contributed by atoms with Gasteiger partial charge in [0.1, 0.15) is 0 Å². The summed E-state index contributed by atoms with van der Waals surface area (Å²) in [5.41, 5.74) is 10.4. The Bertz CT molecular complexity index is 626. The molecule has 0 aromatic heterocycles. The van der Waals surface area contributed by atoms with Crippen LogP contribution >= 0.6 is 0 Å². The molecule has 0 saturated carbocycles. The molecule has 0 fully saturated rings. The number of aliphatic hydroxyl groups is 1.